The van der Waals surface area contributed by atoms with Crippen LogP contribution in [0, 0.1) is 11.7 Å². The molecule has 3 aromatic rings. The monoisotopic (exact) mass is 414 g/mol. The van der Waals surface area contributed by atoms with Crippen LogP contribution in [0.3, 0.4) is 0 Å². The van der Waals surface area contributed by atoms with E-state index in [2.05, 4.69) is 137 Å². The molecule has 0 atom stereocenters. The van der Waals surface area contributed by atoms with Gasteiger partial charge in [0.2, 0.25) is 0 Å². The zero-order valence-corrected chi connectivity index (χ0v) is 20.1. The van der Waals surface area contributed by atoms with Crippen molar-refractivity contribution in [2.45, 2.75) is 38.9 Å². The van der Waals surface area contributed by atoms with Gasteiger partial charge in [-0.1, -0.05) is 130 Å². The largest absolute Gasteiger partial charge is 0.486 e. The van der Waals surface area contributed by atoms with E-state index in [-0.39, 0.29) is 5.04 Å². The third-order valence-corrected chi connectivity index (χ3v) is 14.3. The molecule has 0 amide bonds. The SMILES string of the molecule is CC(C)(C)[Si](C)(C)C#CO[Si](c1ccccc1)(c1ccccc1)c1ccccc1. The van der Waals surface area contributed by atoms with Crippen LogP contribution in [0.25, 0.3) is 0 Å². The molecule has 0 heterocycles. The van der Waals surface area contributed by atoms with E-state index in [4.69, 9.17) is 4.43 Å². The van der Waals surface area contributed by atoms with E-state index in [9.17, 15) is 0 Å². The van der Waals surface area contributed by atoms with Crippen LogP contribution in [-0.4, -0.2) is 16.4 Å². The van der Waals surface area contributed by atoms with Crippen molar-refractivity contribution >= 4 is 32.0 Å². The van der Waals surface area contributed by atoms with E-state index in [0.717, 1.165) is 0 Å². The van der Waals surface area contributed by atoms with Crippen LogP contribution in [0.4, 0.5) is 0 Å². The van der Waals surface area contributed by atoms with Crippen molar-refractivity contribution in [3.8, 4) is 11.7 Å². The van der Waals surface area contributed by atoms with Gasteiger partial charge in [-0.05, 0) is 20.6 Å². The Kier molecular flexibility index (Phi) is 6.16. The maximum Gasteiger partial charge on any atom is 0.359 e. The van der Waals surface area contributed by atoms with E-state index < -0.39 is 16.4 Å². The molecule has 3 heteroatoms. The summed E-state index contributed by atoms with van der Waals surface area (Å²) in [6, 6.07) is 31.8. The molecular formula is C26H30OSi2. The van der Waals surface area contributed by atoms with Gasteiger partial charge in [0.15, 0.2) is 0 Å². The fourth-order valence-corrected chi connectivity index (χ4v) is 7.44. The number of rotatable bonds is 4. The lowest BCUT2D eigenvalue weighted by Gasteiger charge is -2.32. The van der Waals surface area contributed by atoms with Gasteiger partial charge in [-0.25, -0.2) is 0 Å². The molecule has 0 aliphatic rings. The molecule has 0 spiro atoms. The molecule has 0 fully saturated rings. The lowest BCUT2D eigenvalue weighted by molar-refractivity contribution is 0.539. The first-order valence-electron chi connectivity index (χ1n) is 10.1. The molecule has 0 aromatic heterocycles. The highest BCUT2D eigenvalue weighted by Crippen LogP contribution is 2.35. The Morgan fingerprint density at radius 2 is 0.966 bits per heavy atom. The van der Waals surface area contributed by atoms with Crippen LogP contribution in [0.15, 0.2) is 91.0 Å². The second-order valence-corrected chi connectivity index (χ2v) is 17.3. The van der Waals surface area contributed by atoms with Crippen molar-refractivity contribution < 1.29 is 4.43 Å². The van der Waals surface area contributed by atoms with E-state index in [1.807, 2.05) is 0 Å². The summed E-state index contributed by atoms with van der Waals surface area (Å²) in [6.45, 7) is 11.5. The minimum Gasteiger partial charge on any atom is -0.486 e. The zero-order valence-electron chi connectivity index (χ0n) is 18.1. The molecule has 0 aliphatic carbocycles. The van der Waals surface area contributed by atoms with Gasteiger partial charge in [0.1, 0.15) is 8.07 Å². The number of hydrogen-bond acceptors (Lipinski definition) is 1. The average Bonchev–Trinajstić information content (AvgIpc) is 2.72. The first-order valence-corrected chi connectivity index (χ1v) is 15.0. The molecule has 3 aromatic carbocycles. The topological polar surface area (TPSA) is 9.23 Å². The summed E-state index contributed by atoms with van der Waals surface area (Å²) in [4.78, 5) is 0. The molecule has 0 aliphatic heterocycles. The summed E-state index contributed by atoms with van der Waals surface area (Å²) in [5.74, 6) is 0. The molecule has 3 rings (SSSR count). The molecule has 1 nitrogen and oxygen atoms in total. The summed E-state index contributed by atoms with van der Waals surface area (Å²) in [5.41, 5.74) is 3.56. The quantitative estimate of drug-likeness (QED) is 0.342. The lowest BCUT2D eigenvalue weighted by Crippen LogP contribution is -2.68. The fraction of sp³-hybridized carbons (Fsp3) is 0.231. The molecule has 0 bridgehead atoms. The third kappa shape index (κ3) is 4.39. The van der Waals surface area contributed by atoms with E-state index in [1.165, 1.54) is 15.6 Å². The van der Waals surface area contributed by atoms with Gasteiger partial charge in [-0.3, -0.25) is 0 Å². The Morgan fingerprint density at radius 3 is 1.28 bits per heavy atom. The third-order valence-electron chi connectivity index (χ3n) is 5.98. The van der Waals surface area contributed by atoms with Crippen molar-refractivity contribution in [1.29, 1.82) is 0 Å². The molecule has 0 N–H and O–H groups in total. The van der Waals surface area contributed by atoms with Crippen molar-refractivity contribution in [3.63, 3.8) is 0 Å². The van der Waals surface area contributed by atoms with E-state index >= 15 is 0 Å². The van der Waals surface area contributed by atoms with Crippen LogP contribution in [0.1, 0.15) is 20.8 Å². The van der Waals surface area contributed by atoms with Gasteiger partial charge in [-0.15, -0.1) is 0 Å². The van der Waals surface area contributed by atoms with Crippen molar-refractivity contribution in [1.82, 2.24) is 0 Å². The summed E-state index contributed by atoms with van der Waals surface area (Å²) < 4.78 is 6.73. The van der Waals surface area contributed by atoms with E-state index in [1.54, 1.807) is 0 Å². The van der Waals surface area contributed by atoms with Crippen molar-refractivity contribution in [2.75, 3.05) is 0 Å². The van der Waals surface area contributed by atoms with Crippen LogP contribution < -0.4 is 15.6 Å². The highest BCUT2D eigenvalue weighted by molar-refractivity contribution is 7.07. The second-order valence-electron chi connectivity index (χ2n) is 8.98. The Morgan fingerprint density at radius 1 is 0.621 bits per heavy atom. The molecule has 0 radical (unpaired) electrons. The second kappa shape index (κ2) is 8.45. The van der Waals surface area contributed by atoms with Gasteiger partial charge in [0, 0.05) is 0 Å². The van der Waals surface area contributed by atoms with Crippen LogP contribution in [-0.2, 0) is 4.43 Å². The highest BCUT2D eigenvalue weighted by Gasteiger charge is 2.44. The summed E-state index contributed by atoms with van der Waals surface area (Å²) in [6.07, 6.45) is 3.24. The predicted molar refractivity (Wildman–Crippen MR) is 130 cm³/mol. The smallest absolute Gasteiger partial charge is 0.359 e. The number of hydrogen-bond donors (Lipinski definition) is 0. The van der Waals surface area contributed by atoms with Crippen LogP contribution >= 0.6 is 0 Å². The fourth-order valence-electron chi connectivity index (χ4n) is 3.11. The van der Waals surface area contributed by atoms with Crippen molar-refractivity contribution in [2.24, 2.45) is 0 Å². The molecule has 148 valence electrons. The molecular weight excluding hydrogens is 384 g/mol. The van der Waals surface area contributed by atoms with Gasteiger partial charge in [-0.2, -0.15) is 0 Å². The molecule has 0 unspecified atom stereocenters. The van der Waals surface area contributed by atoms with Crippen LogP contribution in [0.2, 0.25) is 18.1 Å². The Bertz CT molecular complexity index is 882. The molecule has 0 saturated carbocycles. The first-order chi connectivity index (χ1) is 13.8. The standard InChI is InChI=1S/C26H30OSi2/c1-26(2,3)28(4,5)22-21-27-29(23-15-9-6-10-16-23,24-17-11-7-12-18-24)25-19-13-8-14-20-25/h6-20H,1-5H3. The van der Waals surface area contributed by atoms with Crippen LogP contribution in [0.5, 0.6) is 0 Å². The van der Waals surface area contributed by atoms with Gasteiger partial charge < -0.3 is 4.43 Å². The van der Waals surface area contributed by atoms with Gasteiger partial charge in [0.05, 0.1) is 6.11 Å². The first kappa shape index (κ1) is 21.2. The Hall–Kier alpha value is -2.55. The molecule has 0 saturated heterocycles. The average molecular weight is 415 g/mol. The van der Waals surface area contributed by atoms with Crippen molar-refractivity contribution in [3.05, 3.63) is 91.0 Å². The minimum atomic E-state index is -2.73. The summed E-state index contributed by atoms with van der Waals surface area (Å²) in [5, 5.41) is 3.82. The Labute approximate surface area is 177 Å². The molecule has 29 heavy (non-hydrogen) atoms. The van der Waals surface area contributed by atoms with E-state index in [0.29, 0.717) is 0 Å². The normalized spacial score (nSPS) is 12.0. The summed E-state index contributed by atoms with van der Waals surface area (Å²) in [7, 11) is -4.51. The maximum absolute atomic E-state index is 6.73. The Balaban J connectivity index is 2.22. The van der Waals surface area contributed by atoms with Gasteiger partial charge >= 0.3 is 8.32 Å². The number of benzene rings is 3. The zero-order chi connectivity index (χ0) is 21.0. The lowest BCUT2D eigenvalue weighted by atomic mass is 10.2. The predicted octanol–water partition coefficient (Wildman–Crippen LogP) is 4.68. The highest BCUT2D eigenvalue weighted by atomic mass is 28.4. The maximum atomic E-state index is 6.73. The minimum absolute atomic E-state index is 0.194. The van der Waals surface area contributed by atoms with Gasteiger partial charge in [0.25, 0.3) is 0 Å². The summed E-state index contributed by atoms with van der Waals surface area (Å²) >= 11 is 0.